The molecule has 0 N–H and O–H groups in total. The van der Waals surface area contributed by atoms with Crippen molar-refractivity contribution in [2.75, 3.05) is 0 Å². The summed E-state index contributed by atoms with van der Waals surface area (Å²) in [5.74, 6) is -0.649. The van der Waals surface area contributed by atoms with Gasteiger partial charge in [-0.15, -0.1) is 0 Å². The van der Waals surface area contributed by atoms with E-state index in [0.29, 0.717) is 12.8 Å². The average molecular weight is 661 g/mol. The van der Waals surface area contributed by atoms with Crippen LogP contribution in [0.25, 0.3) is 0 Å². The van der Waals surface area contributed by atoms with Crippen LogP contribution in [0.4, 0.5) is 0 Å². The zero-order valence-electron chi connectivity index (χ0n) is 32.2. The summed E-state index contributed by atoms with van der Waals surface area (Å²) in [4.78, 5) is 24.0. The van der Waals surface area contributed by atoms with Gasteiger partial charge < -0.3 is 4.74 Å². The number of carbonyl (C=O) groups excluding carboxylic acids is 2. The van der Waals surface area contributed by atoms with Crippen LogP contribution in [0.5, 0.6) is 0 Å². The number of hydrogen-bond acceptors (Lipinski definition) is 3. The van der Waals surface area contributed by atoms with Gasteiger partial charge in [0, 0.05) is 12.8 Å². The molecule has 0 rings (SSSR count). The summed E-state index contributed by atoms with van der Waals surface area (Å²) < 4.78 is 5.04. The highest BCUT2D eigenvalue weighted by Crippen LogP contribution is 2.16. The standard InChI is InChI=1S/C44H84O3/c1-3-5-7-9-11-13-15-17-19-21-23-25-27-29-31-33-35-37-39-41-43(45)47-44(46)42-40-38-36-34-32-30-28-26-24-22-20-18-16-14-12-10-8-6-4-2/h17,19H,3-16,18,20-42H2,1-2H3/b19-17-. The second-order valence-corrected chi connectivity index (χ2v) is 14.7. The Kier molecular flexibility index (Phi) is 40.1. The summed E-state index contributed by atoms with van der Waals surface area (Å²) in [6, 6.07) is 0. The van der Waals surface area contributed by atoms with E-state index >= 15 is 0 Å². The van der Waals surface area contributed by atoms with Gasteiger partial charge >= 0.3 is 11.9 Å². The Morgan fingerprint density at radius 3 is 0.787 bits per heavy atom. The summed E-state index contributed by atoms with van der Waals surface area (Å²) in [7, 11) is 0. The van der Waals surface area contributed by atoms with Crippen molar-refractivity contribution < 1.29 is 14.3 Å². The van der Waals surface area contributed by atoms with Gasteiger partial charge in [-0.25, -0.2) is 0 Å². The SMILES string of the molecule is CCCCCCCC/C=C\CCCCCCCCCCCC(=O)OC(=O)CCCCCCCCCCCCCCCCCCCCC. The van der Waals surface area contributed by atoms with E-state index in [4.69, 9.17) is 4.74 Å². The van der Waals surface area contributed by atoms with E-state index < -0.39 is 0 Å². The molecule has 3 nitrogen and oxygen atoms in total. The van der Waals surface area contributed by atoms with Gasteiger partial charge in [-0.1, -0.05) is 219 Å². The molecule has 0 bridgehead atoms. The van der Waals surface area contributed by atoms with Crippen molar-refractivity contribution in [2.24, 2.45) is 0 Å². The van der Waals surface area contributed by atoms with Crippen LogP contribution in [0.15, 0.2) is 12.2 Å². The molecule has 3 heteroatoms. The second-order valence-electron chi connectivity index (χ2n) is 14.7. The monoisotopic (exact) mass is 661 g/mol. The minimum Gasteiger partial charge on any atom is -0.393 e. The lowest BCUT2D eigenvalue weighted by Gasteiger charge is -2.05. The van der Waals surface area contributed by atoms with E-state index in [1.54, 1.807) is 0 Å². The first-order valence-electron chi connectivity index (χ1n) is 21.6. The number of unbranched alkanes of at least 4 members (excludes halogenated alkanes) is 33. The predicted octanol–water partition coefficient (Wildman–Crippen LogP) is 15.5. The summed E-state index contributed by atoms with van der Waals surface area (Å²) in [6.07, 6.45) is 52.9. The lowest BCUT2D eigenvalue weighted by molar-refractivity contribution is -0.159. The third-order valence-electron chi connectivity index (χ3n) is 9.85. The van der Waals surface area contributed by atoms with Crippen LogP contribution >= 0.6 is 0 Å². The molecule has 0 aliphatic heterocycles. The van der Waals surface area contributed by atoms with Gasteiger partial charge in [-0.05, 0) is 38.5 Å². The van der Waals surface area contributed by atoms with Crippen molar-refractivity contribution in [3.8, 4) is 0 Å². The first kappa shape index (κ1) is 45.9. The molecular weight excluding hydrogens is 576 g/mol. The van der Waals surface area contributed by atoms with Crippen molar-refractivity contribution >= 4 is 11.9 Å². The fourth-order valence-corrected chi connectivity index (χ4v) is 6.62. The highest BCUT2D eigenvalue weighted by atomic mass is 16.6. The number of carbonyl (C=O) groups is 2. The van der Waals surface area contributed by atoms with E-state index in [1.807, 2.05) is 0 Å². The van der Waals surface area contributed by atoms with E-state index in [-0.39, 0.29) is 11.9 Å². The predicted molar refractivity (Wildman–Crippen MR) is 207 cm³/mol. The molecule has 0 heterocycles. The first-order chi connectivity index (χ1) is 23.2. The van der Waals surface area contributed by atoms with Gasteiger partial charge in [0.15, 0.2) is 0 Å². The van der Waals surface area contributed by atoms with Crippen LogP contribution < -0.4 is 0 Å². The van der Waals surface area contributed by atoms with Crippen molar-refractivity contribution in [3.63, 3.8) is 0 Å². The zero-order valence-corrected chi connectivity index (χ0v) is 32.2. The van der Waals surface area contributed by atoms with Gasteiger partial charge in [0.2, 0.25) is 0 Å². The van der Waals surface area contributed by atoms with E-state index in [2.05, 4.69) is 26.0 Å². The van der Waals surface area contributed by atoms with Gasteiger partial charge in [-0.2, -0.15) is 0 Å². The van der Waals surface area contributed by atoms with Crippen LogP contribution in [0.1, 0.15) is 258 Å². The van der Waals surface area contributed by atoms with Gasteiger partial charge in [0.1, 0.15) is 0 Å². The number of allylic oxidation sites excluding steroid dienone is 2. The molecule has 0 atom stereocenters. The maximum atomic E-state index is 12.0. The van der Waals surface area contributed by atoms with Gasteiger partial charge in [0.25, 0.3) is 0 Å². The molecule has 0 unspecified atom stereocenters. The van der Waals surface area contributed by atoms with E-state index in [0.717, 1.165) is 25.7 Å². The molecule has 0 saturated heterocycles. The highest BCUT2D eigenvalue weighted by molar-refractivity contribution is 5.85. The molecule has 278 valence electrons. The molecule has 0 radical (unpaired) electrons. The van der Waals surface area contributed by atoms with Crippen LogP contribution in [-0.4, -0.2) is 11.9 Å². The second kappa shape index (κ2) is 41.1. The van der Waals surface area contributed by atoms with Gasteiger partial charge in [-0.3, -0.25) is 9.59 Å². The molecule has 0 spiro atoms. The van der Waals surface area contributed by atoms with E-state index in [9.17, 15) is 9.59 Å². The molecular formula is C44H84O3. The smallest absolute Gasteiger partial charge is 0.313 e. The average Bonchev–Trinajstić information content (AvgIpc) is 3.06. The minimum absolute atomic E-state index is 0.324. The quantitative estimate of drug-likeness (QED) is 0.0285. The van der Waals surface area contributed by atoms with Crippen molar-refractivity contribution in [1.82, 2.24) is 0 Å². The maximum Gasteiger partial charge on any atom is 0.313 e. The Labute approximate surface area is 295 Å². The number of esters is 2. The third kappa shape index (κ3) is 41.0. The Morgan fingerprint density at radius 1 is 0.319 bits per heavy atom. The Bertz CT molecular complexity index is 655. The Morgan fingerprint density at radius 2 is 0.532 bits per heavy atom. The van der Waals surface area contributed by atoms with Crippen molar-refractivity contribution in [1.29, 1.82) is 0 Å². The zero-order chi connectivity index (χ0) is 34.1. The van der Waals surface area contributed by atoms with Gasteiger partial charge in [0.05, 0.1) is 0 Å². The topological polar surface area (TPSA) is 43.4 Å². The molecule has 0 fully saturated rings. The largest absolute Gasteiger partial charge is 0.393 e. The first-order valence-corrected chi connectivity index (χ1v) is 21.6. The normalized spacial score (nSPS) is 11.5. The van der Waals surface area contributed by atoms with E-state index in [1.165, 1.54) is 205 Å². The highest BCUT2D eigenvalue weighted by Gasteiger charge is 2.10. The van der Waals surface area contributed by atoms with Crippen molar-refractivity contribution in [3.05, 3.63) is 12.2 Å². The summed E-state index contributed by atoms with van der Waals surface area (Å²) in [6.45, 7) is 4.57. The number of ether oxygens (including phenoxy) is 1. The fourth-order valence-electron chi connectivity index (χ4n) is 6.62. The molecule has 0 amide bonds. The molecule has 0 aromatic carbocycles. The fraction of sp³-hybridized carbons (Fsp3) is 0.909. The Hall–Kier alpha value is -1.12. The minimum atomic E-state index is -0.325. The summed E-state index contributed by atoms with van der Waals surface area (Å²) >= 11 is 0. The third-order valence-corrected chi connectivity index (χ3v) is 9.85. The van der Waals surface area contributed by atoms with Crippen LogP contribution in [-0.2, 0) is 14.3 Å². The summed E-state index contributed by atoms with van der Waals surface area (Å²) in [5.41, 5.74) is 0. The lowest BCUT2D eigenvalue weighted by Crippen LogP contribution is -2.11. The Balaban J connectivity index is 3.28. The number of hydrogen-bond donors (Lipinski definition) is 0. The van der Waals surface area contributed by atoms with Crippen molar-refractivity contribution in [2.45, 2.75) is 258 Å². The lowest BCUT2D eigenvalue weighted by atomic mass is 10.0. The molecule has 0 aliphatic rings. The number of rotatable bonds is 39. The summed E-state index contributed by atoms with van der Waals surface area (Å²) in [5, 5.41) is 0. The molecule has 0 aromatic rings. The maximum absolute atomic E-state index is 12.0. The van der Waals surface area contributed by atoms with Crippen LogP contribution in [0.2, 0.25) is 0 Å². The van der Waals surface area contributed by atoms with Crippen LogP contribution in [0.3, 0.4) is 0 Å². The molecule has 47 heavy (non-hydrogen) atoms. The molecule has 0 aliphatic carbocycles. The van der Waals surface area contributed by atoms with Crippen LogP contribution in [0, 0.1) is 0 Å². The molecule has 0 saturated carbocycles. The molecule has 0 aromatic heterocycles.